The third-order valence-electron chi connectivity index (χ3n) is 9.56. The van der Waals surface area contributed by atoms with Crippen molar-refractivity contribution in [2.24, 2.45) is 11.8 Å². The number of carbonyl (C=O) groups excluding carboxylic acids is 2. The third-order valence-corrected chi connectivity index (χ3v) is 10.2. The van der Waals surface area contributed by atoms with Gasteiger partial charge in [0.15, 0.2) is 23.8 Å². The van der Waals surface area contributed by atoms with Crippen LogP contribution in [0.4, 0.5) is 9.59 Å². The number of aliphatic hydroxyl groups is 1. The van der Waals surface area contributed by atoms with E-state index < -0.39 is 11.2 Å². The SMILES string of the molecule is C.C.CC(C)(C)OC(=O)N1CC(CO)C1.CC(C)(C)OC(=O)N1CC(COc2nc(Cl)nc3c2cnn3C2CCCCO2)C1.Clc1nc(Cl)c2cnn(C3CCCCO3)c2n1. The Balaban J connectivity index is 0.000000218. The van der Waals surface area contributed by atoms with Gasteiger partial charge < -0.3 is 38.6 Å². The molecule has 0 saturated carbocycles. The molecule has 4 aromatic rings. The van der Waals surface area contributed by atoms with Crippen molar-refractivity contribution in [2.45, 2.75) is 119 Å². The fourth-order valence-corrected chi connectivity index (χ4v) is 7.19. The minimum absolute atomic E-state index is 0. The van der Waals surface area contributed by atoms with E-state index in [2.05, 4.69) is 30.1 Å². The predicted octanol–water partition coefficient (Wildman–Crippen LogP) is 8.37. The van der Waals surface area contributed by atoms with Crippen molar-refractivity contribution in [3.8, 4) is 5.88 Å². The number of fused-ring (bicyclic) bond motifs is 2. The zero-order valence-electron chi connectivity index (χ0n) is 34.3. The largest absolute Gasteiger partial charge is 0.477 e. The van der Waals surface area contributed by atoms with Crippen molar-refractivity contribution in [1.82, 2.24) is 49.3 Å². The summed E-state index contributed by atoms with van der Waals surface area (Å²) in [5.41, 5.74) is 0.309. The van der Waals surface area contributed by atoms with Crippen LogP contribution in [0.3, 0.4) is 0 Å². The van der Waals surface area contributed by atoms with Gasteiger partial charge >= 0.3 is 12.2 Å². The number of halogens is 3. The van der Waals surface area contributed by atoms with Crippen LogP contribution in [0.2, 0.25) is 15.7 Å². The maximum Gasteiger partial charge on any atom is 0.410 e. The number of ether oxygens (including phenoxy) is 5. The van der Waals surface area contributed by atoms with Gasteiger partial charge in [-0.2, -0.15) is 25.1 Å². The first-order chi connectivity index (χ1) is 28.0. The van der Waals surface area contributed by atoms with E-state index in [1.807, 2.05) is 41.5 Å². The summed E-state index contributed by atoms with van der Waals surface area (Å²) in [6.07, 6.45) is 8.70. The maximum absolute atomic E-state index is 12.0. The maximum atomic E-state index is 12.0. The summed E-state index contributed by atoms with van der Waals surface area (Å²) < 4.78 is 31.4. The molecule has 8 rings (SSSR count). The van der Waals surface area contributed by atoms with Gasteiger partial charge in [0.2, 0.25) is 16.4 Å². The van der Waals surface area contributed by atoms with Crippen molar-refractivity contribution in [2.75, 3.05) is 52.6 Å². The topological polar surface area (TPSA) is 194 Å². The Labute approximate surface area is 372 Å². The molecule has 18 nitrogen and oxygen atoms in total. The average Bonchev–Trinajstić information content (AvgIpc) is 3.75. The standard InChI is InChI=1S/C19H26ClN5O4.C10H10Cl2N4O.C9H17NO3.2CH4/c1-19(2,3)29-18(26)24-9-12(10-24)11-28-16-13-8-21-25(14-6-4-5-7-27-14)15(13)22-17(20)23-16;11-8-6-5-13-16(7-3-1-2-4-17-7)9(6)15-10(12)14-8;1-9(2,3)13-8(12)10-4-7(5-10)6-11;;/h8,12,14H,4-7,9-11H2,1-3H3;5,7H,1-4H2;7,11H,4-6H2,1-3H3;2*1H4. The van der Waals surface area contributed by atoms with Crippen molar-refractivity contribution >= 4 is 69.1 Å². The van der Waals surface area contributed by atoms with Crippen LogP contribution < -0.4 is 4.74 Å². The summed E-state index contributed by atoms with van der Waals surface area (Å²) in [6, 6.07) is 0. The van der Waals surface area contributed by atoms with E-state index in [4.69, 9.17) is 63.6 Å². The van der Waals surface area contributed by atoms with Crippen LogP contribution in [0.25, 0.3) is 22.1 Å². The van der Waals surface area contributed by atoms with Crippen LogP contribution in [0.5, 0.6) is 5.88 Å². The minimum atomic E-state index is -0.496. The number of hydrogen-bond acceptors (Lipinski definition) is 14. The summed E-state index contributed by atoms with van der Waals surface area (Å²) >= 11 is 17.9. The number of nitrogens with zero attached hydrogens (tertiary/aromatic N) is 10. The number of aliphatic hydroxyl groups excluding tert-OH is 1. The van der Waals surface area contributed by atoms with Crippen LogP contribution in [0.15, 0.2) is 12.4 Å². The first-order valence-electron chi connectivity index (χ1n) is 19.9. The summed E-state index contributed by atoms with van der Waals surface area (Å²) in [5, 5.41) is 19.4. The molecule has 0 spiro atoms. The van der Waals surface area contributed by atoms with Gasteiger partial charge in [0.1, 0.15) is 21.7 Å². The van der Waals surface area contributed by atoms with E-state index in [1.165, 1.54) is 0 Å². The minimum Gasteiger partial charge on any atom is -0.477 e. The molecule has 21 heteroatoms. The highest BCUT2D eigenvalue weighted by Crippen LogP contribution is 2.31. The Hall–Kier alpha value is -3.81. The Morgan fingerprint density at radius 1 is 0.705 bits per heavy atom. The highest BCUT2D eigenvalue weighted by molar-refractivity contribution is 6.35. The van der Waals surface area contributed by atoms with E-state index in [9.17, 15) is 9.59 Å². The van der Waals surface area contributed by atoms with Gasteiger partial charge in [-0.15, -0.1) is 0 Å². The molecule has 0 bridgehead atoms. The fourth-order valence-electron chi connectivity index (χ4n) is 6.61. The number of aromatic nitrogens is 8. The Morgan fingerprint density at radius 2 is 1.16 bits per heavy atom. The van der Waals surface area contributed by atoms with Crippen LogP contribution in [-0.4, -0.2) is 130 Å². The smallest absolute Gasteiger partial charge is 0.410 e. The van der Waals surface area contributed by atoms with Gasteiger partial charge in [0.05, 0.1) is 24.4 Å². The molecule has 2 atom stereocenters. The van der Waals surface area contributed by atoms with Gasteiger partial charge in [0, 0.05) is 57.8 Å². The molecular formula is C40H61Cl3N10O8. The molecule has 0 aliphatic carbocycles. The summed E-state index contributed by atoms with van der Waals surface area (Å²) in [7, 11) is 0. The molecule has 0 radical (unpaired) electrons. The lowest BCUT2D eigenvalue weighted by Crippen LogP contribution is -2.53. The molecule has 61 heavy (non-hydrogen) atoms. The van der Waals surface area contributed by atoms with Crippen LogP contribution in [-0.2, 0) is 18.9 Å². The lowest BCUT2D eigenvalue weighted by atomic mass is 10.0. The zero-order chi connectivity index (χ0) is 42.5. The first kappa shape index (κ1) is 49.8. The van der Waals surface area contributed by atoms with Crippen LogP contribution >= 0.6 is 34.8 Å². The second kappa shape index (κ2) is 21.5. The molecule has 340 valence electrons. The summed E-state index contributed by atoms with van der Waals surface area (Å²) in [4.78, 5) is 43.2. The molecule has 2 amide bonds. The normalized spacial score (nSPS) is 19.5. The van der Waals surface area contributed by atoms with Gasteiger partial charge in [0.25, 0.3) is 0 Å². The molecule has 8 heterocycles. The zero-order valence-corrected chi connectivity index (χ0v) is 36.5. The van der Waals surface area contributed by atoms with E-state index in [-0.39, 0.29) is 68.5 Å². The van der Waals surface area contributed by atoms with Gasteiger partial charge in [-0.05, 0) is 103 Å². The Bertz CT molecular complexity index is 2050. The van der Waals surface area contributed by atoms with Crippen molar-refractivity contribution in [1.29, 1.82) is 0 Å². The lowest BCUT2D eigenvalue weighted by Gasteiger charge is -2.39. The molecule has 0 aromatic carbocycles. The van der Waals surface area contributed by atoms with Crippen LogP contribution in [0.1, 0.15) is 107 Å². The molecule has 2 unspecified atom stereocenters. The predicted molar refractivity (Wildman–Crippen MR) is 232 cm³/mol. The molecule has 4 saturated heterocycles. The molecule has 4 aliphatic heterocycles. The second-order valence-electron chi connectivity index (χ2n) is 16.9. The van der Waals surface area contributed by atoms with Gasteiger partial charge in [-0.1, -0.05) is 26.5 Å². The number of rotatable bonds is 6. The molecular weight excluding hydrogens is 855 g/mol. The number of carbonyl (C=O) groups is 2. The second-order valence-corrected chi connectivity index (χ2v) is 17.9. The molecule has 4 aromatic heterocycles. The molecule has 4 fully saturated rings. The fraction of sp³-hybridized carbons (Fsp3) is 0.700. The highest BCUT2D eigenvalue weighted by Gasteiger charge is 2.35. The van der Waals surface area contributed by atoms with Crippen molar-refractivity contribution in [3.63, 3.8) is 0 Å². The first-order valence-corrected chi connectivity index (χ1v) is 21.0. The lowest BCUT2D eigenvalue weighted by molar-refractivity contribution is -0.0371. The number of amides is 2. The Kier molecular flexibility index (Phi) is 17.6. The van der Waals surface area contributed by atoms with Gasteiger partial charge in [-0.25, -0.2) is 23.9 Å². The molecule has 4 aliphatic rings. The van der Waals surface area contributed by atoms with E-state index in [1.54, 1.807) is 31.6 Å². The average molecular weight is 916 g/mol. The van der Waals surface area contributed by atoms with Crippen molar-refractivity contribution < 1.29 is 38.4 Å². The van der Waals surface area contributed by atoms with Gasteiger partial charge in [-0.3, -0.25) is 0 Å². The quantitative estimate of drug-likeness (QED) is 0.143. The Morgan fingerprint density at radius 3 is 1.62 bits per heavy atom. The monoisotopic (exact) mass is 914 g/mol. The summed E-state index contributed by atoms with van der Waals surface area (Å²) in [5.74, 6) is 0.855. The number of likely N-dealkylation sites (tertiary alicyclic amines) is 2. The highest BCUT2D eigenvalue weighted by atomic mass is 35.5. The summed E-state index contributed by atoms with van der Waals surface area (Å²) in [6.45, 7) is 15.5. The van der Waals surface area contributed by atoms with E-state index >= 15 is 0 Å². The van der Waals surface area contributed by atoms with Crippen molar-refractivity contribution in [3.05, 3.63) is 28.1 Å². The van der Waals surface area contributed by atoms with E-state index in [0.717, 1.165) is 45.1 Å². The third kappa shape index (κ3) is 13.3. The molecule has 1 N–H and O–H groups in total. The van der Waals surface area contributed by atoms with E-state index in [0.29, 0.717) is 72.5 Å². The number of hydrogen-bond donors (Lipinski definition) is 1. The van der Waals surface area contributed by atoms with Crippen LogP contribution in [0, 0.1) is 11.8 Å².